The van der Waals surface area contributed by atoms with Gasteiger partial charge in [0.05, 0.1) is 0 Å². The Balaban J connectivity index is 0.00000112. The van der Waals surface area contributed by atoms with Crippen LogP contribution in [-0.2, 0) is 0 Å². The molecular weight excluding hydrogens is 217 g/mol. The minimum absolute atomic E-state index is 0. The van der Waals surface area contributed by atoms with Crippen LogP contribution in [0.4, 0.5) is 10.1 Å². The molecule has 1 aliphatic heterocycles. The molecule has 0 radical (unpaired) electrons. The second-order valence-corrected chi connectivity index (χ2v) is 3.76. The number of benzene rings is 1. The average molecular weight is 232 g/mol. The van der Waals surface area contributed by atoms with Gasteiger partial charge in [-0.15, -0.1) is 12.4 Å². The maximum Gasteiger partial charge on any atom is 0.123 e. The third kappa shape index (κ3) is 2.83. The highest BCUT2D eigenvalue weighted by Gasteiger charge is 2.21. The van der Waals surface area contributed by atoms with Gasteiger partial charge in [0.2, 0.25) is 0 Å². The molecule has 15 heavy (non-hydrogen) atoms. The summed E-state index contributed by atoms with van der Waals surface area (Å²) >= 11 is 0. The zero-order valence-electron chi connectivity index (χ0n) is 8.40. The van der Waals surface area contributed by atoms with E-state index in [9.17, 15) is 4.39 Å². The second kappa shape index (κ2) is 5.33. The summed E-state index contributed by atoms with van der Waals surface area (Å²) < 4.78 is 12.7. The van der Waals surface area contributed by atoms with Crippen LogP contribution in [0.15, 0.2) is 24.3 Å². The molecule has 84 valence electrons. The zero-order valence-corrected chi connectivity index (χ0v) is 9.21. The van der Waals surface area contributed by atoms with Crippen LogP contribution in [0, 0.1) is 11.7 Å². The van der Waals surface area contributed by atoms with E-state index in [-0.39, 0.29) is 24.8 Å². The summed E-state index contributed by atoms with van der Waals surface area (Å²) in [4.78, 5) is 2.18. The van der Waals surface area contributed by atoms with E-state index in [1.54, 1.807) is 12.1 Å². The topological polar surface area (TPSA) is 23.5 Å². The van der Waals surface area contributed by atoms with Crippen LogP contribution >= 0.6 is 12.4 Å². The van der Waals surface area contributed by atoms with E-state index in [1.165, 1.54) is 12.1 Å². The Bertz CT molecular complexity index is 304. The molecule has 0 saturated carbocycles. The minimum atomic E-state index is -0.202. The lowest BCUT2D eigenvalue weighted by molar-refractivity contribution is 0.238. The monoisotopic (exact) mass is 231 g/mol. The fourth-order valence-electron chi connectivity index (χ4n) is 1.87. The van der Waals surface area contributed by atoms with Crippen molar-refractivity contribution in [1.29, 1.82) is 0 Å². The van der Waals surface area contributed by atoms with Crippen LogP contribution in [0.5, 0.6) is 0 Å². The molecule has 1 aromatic rings. The van der Waals surface area contributed by atoms with Crippen molar-refractivity contribution in [1.82, 2.24) is 0 Å². The molecule has 0 spiro atoms. The van der Waals surface area contributed by atoms with E-state index in [0.717, 1.165) is 25.2 Å². The van der Waals surface area contributed by atoms with Crippen molar-refractivity contribution in [2.24, 2.45) is 5.92 Å². The van der Waals surface area contributed by atoms with Crippen LogP contribution in [0.2, 0.25) is 0 Å². The predicted molar refractivity (Wildman–Crippen MR) is 61.1 cm³/mol. The van der Waals surface area contributed by atoms with Crippen LogP contribution < -0.4 is 4.90 Å². The van der Waals surface area contributed by atoms with Gasteiger partial charge in [0.25, 0.3) is 0 Å². The van der Waals surface area contributed by atoms with Gasteiger partial charge in [-0.25, -0.2) is 4.39 Å². The number of nitrogens with zero attached hydrogens (tertiary/aromatic N) is 1. The number of rotatable bonds is 2. The SMILES string of the molecule is Cl.OCC1CCN(c2ccc(F)cc2)C1. The Morgan fingerprint density at radius 2 is 2.00 bits per heavy atom. The van der Waals surface area contributed by atoms with Gasteiger partial charge in [0.15, 0.2) is 0 Å². The molecule has 0 bridgehead atoms. The number of hydrogen-bond donors (Lipinski definition) is 1. The molecule has 1 atom stereocenters. The Labute approximate surface area is 95.1 Å². The molecule has 0 amide bonds. The highest BCUT2D eigenvalue weighted by molar-refractivity contribution is 5.85. The first kappa shape index (κ1) is 12.3. The molecule has 1 aromatic carbocycles. The molecule has 1 fully saturated rings. The summed E-state index contributed by atoms with van der Waals surface area (Å²) in [6, 6.07) is 6.52. The fraction of sp³-hybridized carbons (Fsp3) is 0.455. The summed E-state index contributed by atoms with van der Waals surface area (Å²) in [5.74, 6) is 0.173. The Hall–Kier alpha value is -0.800. The number of anilines is 1. The highest BCUT2D eigenvalue weighted by atomic mass is 35.5. The highest BCUT2D eigenvalue weighted by Crippen LogP contribution is 2.23. The molecular formula is C11H15ClFNO. The van der Waals surface area contributed by atoms with Gasteiger partial charge >= 0.3 is 0 Å². The zero-order chi connectivity index (χ0) is 9.97. The van der Waals surface area contributed by atoms with E-state index in [1.807, 2.05) is 0 Å². The van der Waals surface area contributed by atoms with Crippen molar-refractivity contribution >= 4 is 18.1 Å². The summed E-state index contributed by atoms with van der Waals surface area (Å²) in [6.07, 6.45) is 1.02. The van der Waals surface area contributed by atoms with Crippen molar-refractivity contribution in [3.05, 3.63) is 30.1 Å². The van der Waals surface area contributed by atoms with Gasteiger partial charge in [-0.2, -0.15) is 0 Å². The molecule has 1 heterocycles. The standard InChI is InChI=1S/C11H14FNO.ClH/c12-10-1-3-11(4-2-10)13-6-5-9(7-13)8-14;/h1-4,9,14H,5-8H2;1H. The third-order valence-electron chi connectivity index (χ3n) is 2.74. The van der Waals surface area contributed by atoms with Gasteiger partial charge in [0.1, 0.15) is 5.82 Å². The largest absolute Gasteiger partial charge is 0.396 e. The first-order valence-electron chi connectivity index (χ1n) is 4.91. The van der Waals surface area contributed by atoms with Crippen LogP contribution in [0.3, 0.4) is 0 Å². The van der Waals surface area contributed by atoms with Gasteiger partial charge < -0.3 is 10.0 Å². The first-order chi connectivity index (χ1) is 6.79. The van der Waals surface area contributed by atoms with Crippen molar-refractivity contribution < 1.29 is 9.50 Å². The predicted octanol–water partition coefficient (Wildman–Crippen LogP) is 2.07. The van der Waals surface area contributed by atoms with E-state index in [0.29, 0.717) is 5.92 Å². The molecule has 0 aliphatic carbocycles. The normalized spacial score (nSPS) is 20.1. The van der Waals surface area contributed by atoms with Crippen molar-refractivity contribution in [3.63, 3.8) is 0 Å². The summed E-state index contributed by atoms with van der Waals surface area (Å²) in [5.41, 5.74) is 1.04. The molecule has 1 saturated heterocycles. The quantitative estimate of drug-likeness (QED) is 0.843. The molecule has 2 rings (SSSR count). The van der Waals surface area contributed by atoms with Gasteiger partial charge in [-0.3, -0.25) is 0 Å². The van der Waals surface area contributed by atoms with Crippen molar-refractivity contribution in [2.75, 3.05) is 24.6 Å². The maximum atomic E-state index is 12.7. The van der Waals surface area contributed by atoms with Gasteiger partial charge in [0, 0.05) is 31.3 Å². The number of hydrogen-bond acceptors (Lipinski definition) is 2. The van der Waals surface area contributed by atoms with Crippen LogP contribution in [-0.4, -0.2) is 24.8 Å². The molecule has 2 nitrogen and oxygen atoms in total. The van der Waals surface area contributed by atoms with E-state index < -0.39 is 0 Å². The lowest BCUT2D eigenvalue weighted by Gasteiger charge is -2.18. The average Bonchev–Trinajstić information content (AvgIpc) is 2.67. The van der Waals surface area contributed by atoms with E-state index >= 15 is 0 Å². The molecule has 0 aromatic heterocycles. The number of aliphatic hydroxyl groups excluding tert-OH is 1. The van der Waals surface area contributed by atoms with Gasteiger partial charge in [-0.1, -0.05) is 0 Å². The third-order valence-corrected chi connectivity index (χ3v) is 2.74. The molecule has 1 N–H and O–H groups in total. The Morgan fingerprint density at radius 3 is 2.53 bits per heavy atom. The van der Waals surface area contributed by atoms with Gasteiger partial charge in [-0.05, 0) is 30.7 Å². The Kier molecular flexibility index (Phi) is 4.36. The summed E-state index contributed by atoms with van der Waals surface area (Å²) in [5, 5.41) is 8.99. The lowest BCUT2D eigenvalue weighted by Crippen LogP contribution is -2.20. The Morgan fingerprint density at radius 1 is 1.33 bits per heavy atom. The van der Waals surface area contributed by atoms with Crippen molar-refractivity contribution in [2.45, 2.75) is 6.42 Å². The lowest BCUT2D eigenvalue weighted by atomic mass is 10.1. The summed E-state index contributed by atoms with van der Waals surface area (Å²) in [7, 11) is 0. The second-order valence-electron chi connectivity index (χ2n) is 3.76. The number of aliphatic hydroxyl groups is 1. The van der Waals surface area contributed by atoms with Crippen LogP contribution in [0.25, 0.3) is 0 Å². The van der Waals surface area contributed by atoms with Crippen LogP contribution in [0.1, 0.15) is 6.42 Å². The molecule has 4 heteroatoms. The van der Waals surface area contributed by atoms with Crippen molar-refractivity contribution in [3.8, 4) is 0 Å². The number of halogens is 2. The minimum Gasteiger partial charge on any atom is -0.396 e. The first-order valence-corrected chi connectivity index (χ1v) is 4.91. The smallest absolute Gasteiger partial charge is 0.123 e. The maximum absolute atomic E-state index is 12.7. The molecule has 1 aliphatic rings. The fourth-order valence-corrected chi connectivity index (χ4v) is 1.87. The van der Waals surface area contributed by atoms with E-state index in [4.69, 9.17) is 5.11 Å². The molecule has 1 unspecified atom stereocenters. The summed E-state index contributed by atoms with van der Waals surface area (Å²) in [6.45, 7) is 2.08. The van der Waals surface area contributed by atoms with E-state index in [2.05, 4.69) is 4.90 Å².